The predicted molar refractivity (Wildman–Crippen MR) is 64.4 cm³/mol. The molecule has 2 heterocycles. The van der Waals surface area contributed by atoms with E-state index in [9.17, 15) is 4.79 Å². The van der Waals surface area contributed by atoms with Gasteiger partial charge in [-0.25, -0.2) is 9.50 Å². The molecule has 1 aliphatic rings. The zero-order valence-electron chi connectivity index (χ0n) is 9.67. The number of carbonyl (C=O) groups excluding carboxylic acids is 1. The maximum absolute atomic E-state index is 11.9. The molecule has 3 rings (SSSR count). The largest absolute Gasteiger partial charge is 0.294 e. The summed E-state index contributed by atoms with van der Waals surface area (Å²) in [5.41, 5.74) is 1.56. The van der Waals surface area contributed by atoms with E-state index >= 15 is 0 Å². The molecule has 5 nitrogen and oxygen atoms in total. The van der Waals surface area contributed by atoms with Gasteiger partial charge in [-0.05, 0) is 18.6 Å². The van der Waals surface area contributed by atoms with Crippen molar-refractivity contribution in [3.05, 3.63) is 17.5 Å². The fourth-order valence-corrected chi connectivity index (χ4v) is 2.48. The van der Waals surface area contributed by atoms with Crippen LogP contribution >= 0.6 is 11.8 Å². The monoisotopic (exact) mass is 248 g/mol. The standard InChI is InChI=1S/C11H12N4OS/c1-6-3-8-7(9(16)4-6)5-15-10(12-8)13-11(14-15)17-2/h5-6H,3-4H2,1-2H3. The second-order valence-electron chi connectivity index (χ2n) is 4.38. The number of carbonyl (C=O) groups is 1. The van der Waals surface area contributed by atoms with Gasteiger partial charge in [0.2, 0.25) is 5.16 Å². The average Bonchev–Trinajstić information content (AvgIpc) is 2.68. The fourth-order valence-electron chi connectivity index (χ4n) is 2.14. The van der Waals surface area contributed by atoms with E-state index in [1.165, 1.54) is 11.8 Å². The van der Waals surface area contributed by atoms with E-state index in [0.717, 1.165) is 12.1 Å². The first kappa shape index (κ1) is 10.7. The minimum absolute atomic E-state index is 0.161. The number of aromatic nitrogens is 4. The van der Waals surface area contributed by atoms with Gasteiger partial charge in [-0.2, -0.15) is 4.98 Å². The number of thioether (sulfide) groups is 1. The van der Waals surface area contributed by atoms with Crippen LogP contribution in [0.2, 0.25) is 0 Å². The normalized spacial score (nSPS) is 19.6. The first-order chi connectivity index (χ1) is 8.17. The van der Waals surface area contributed by atoms with Crippen molar-refractivity contribution in [3.63, 3.8) is 0 Å². The van der Waals surface area contributed by atoms with Crippen molar-refractivity contribution in [2.75, 3.05) is 6.26 Å². The summed E-state index contributed by atoms with van der Waals surface area (Å²) in [7, 11) is 0. The third kappa shape index (κ3) is 1.72. The summed E-state index contributed by atoms with van der Waals surface area (Å²) < 4.78 is 1.60. The molecule has 0 spiro atoms. The Hall–Kier alpha value is -1.43. The van der Waals surface area contributed by atoms with Crippen LogP contribution in [0.15, 0.2) is 11.4 Å². The van der Waals surface area contributed by atoms with Gasteiger partial charge in [-0.3, -0.25) is 4.79 Å². The number of ketones is 1. The van der Waals surface area contributed by atoms with Crippen LogP contribution in [0, 0.1) is 5.92 Å². The first-order valence-electron chi connectivity index (χ1n) is 5.51. The third-order valence-corrected chi connectivity index (χ3v) is 3.49. The summed E-state index contributed by atoms with van der Waals surface area (Å²) in [6.45, 7) is 2.07. The molecule has 88 valence electrons. The Morgan fingerprint density at radius 1 is 1.41 bits per heavy atom. The van der Waals surface area contributed by atoms with E-state index in [-0.39, 0.29) is 5.78 Å². The van der Waals surface area contributed by atoms with Gasteiger partial charge in [-0.15, -0.1) is 5.10 Å². The molecule has 0 aromatic carbocycles. The molecule has 0 saturated heterocycles. The lowest BCUT2D eigenvalue weighted by molar-refractivity contribution is 0.0951. The van der Waals surface area contributed by atoms with Crippen molar-refractivity contribution in [2.24, 2.45) is 5.92 Å². The van der Waals surface area contributed by atoms with Crippen molar-refractivity contribution in [3.8, 4) is 0 Å². The Morgan fingerprint density at radius 2 is 2.24 bits per heavy atom. The lowest BCUT2D eigenvalue weighted by Crippen LogP contribution is -2.20. The maximum Gasteiger partial charge on any atom is 0.253 e. The number of hydrogen-bond acceptors (Lipinski definition) is 5. The zero-order valence-corrected chi connectivity index (χ0v) is 10.5. The molecular formula is C11H12N4OS. The highest BCUT2D eigenvalue weighted by atomic mass is 32.2. The number of nitrogens with zero attached hydrogens (tertiary/aromatic N) is 4. The zero-order chi connectivity index (χ0) is 12.0. The van der Waals surface area contributed by atoms with Crippen LogP contribution in [0.3, 0.4) is 0 Å². The van der Waals surface area contributed by atoms with Crippen LogP contribution in [-0.2, 0) is 6.42 Å². The van der Waals surface area contributed by atoms with Crippen molar-refractivity contribution in [2.45, 2.75) is 24.9 Å². The van der Waals surface area contributed by atoms with Crippen LogP contribution in [0.5, 0.6) is 0 Å². The molecule has 17 heavy (non-hydrogen) atoms. The van der Waals surface area contributed by atoms with Crippen LogP contribution in [0.4, 0.5) is 0 Å². The molecule has 2 aromatic rings. The van der Waals surface area contributed by atoms with E-state index in [1.807, 2.05) is 6.26 Å². The fraction of sp³-hybridized carbons (Fsp3) is 0.455. The lowest BCUT2D eigenvalue weighted by Gasteiger charge is -2.18. The van der Waals surface area contributed by atoms with Crippen molar-refractivity contribution in [1.82, 2.24) is 19.6 Å². The van der Waals surface area contributed by atoms with Gasteiger partial charge in [0.15, 0.2) is 5.78 Å². The summed E-state index contributed by atoms with van der Waals surface area (Å²) in [6.07, 6.45) is 5.13. The number of hydrogen-bond donors (Lipinski definition) is 0. The molecule has 1 aliphatic carbocycles. The molecule has 0 radical (unpaired) electrons. The van der Waals surface area contributed by atoms with E-state index in [0.29, 0.717) is 28.8 Å². The summed E-state index contributed by atoms with van der Waals surface area (Å²) >= 11 is 1.47. The molecule has 0 aliphatic heterocycles. The highest BCUT2D eigenvalue weighted by Gasteiger charge is 2.24. The SMILES string of the molecule is CSc1nc2nc3c(cn2n1)C(=O)CC(C)C3. The van der Waals surface area contributed by atoms with Gasteiger partial charge in [0, 0.05) is 12.6 Å². The maximum atomic E-state index is 11.9. The average molecular weight is 248 g/mol. The Bertz CT molecular complexity index is 607. The second-order valence-corrected chi connectivity index (χ2v) is 5.15. The van der Waals surface area contributed by atoms with Gasteiger partial charge in [0.25, 0.3) is 5.78 Å². The van der Waals surface area contributed by atoms with Crippen molar-refractivity contribution >= 4 is 23.3 Å². The Balaban J connectivity index is 2.20. The number of Topliss-reactive ketones (excluding diaryl/α,β-unsaturated/α-hetero) is 1. The Labute approximate surface area is 103 Å². The second kappa shape index (κ2) is 3.80. The Morgan fingerprint density at radius 3 is 3.00 bits per heavy atom. The highest BCUT2D eigenvalue weighted by molar-refractivity contribution is 7.98. The molecule has 0 fully saturated rings. The minimum atomic E-state index is 0.161. The van der Waals surface area contributed by atoms with Crippen molar-refractivity contribution in [1.29, 1.82) is 0 Å². The molecule has 1 atom stereocenters. The van der Waals surface area contributed by atoms with Gasteiger partial charge in [0.1, 0.15) is 0 Å². The highest BCUT2D eigenvalue weighted by Crippen LogP contribution is 2.24. The molecular weight excluding hydrogens is 236 g/mol. The molecule has 6 heteroatoms. The molecule has 1 unspecified atom stereocenters. The summed E-state index contributed by atoms with van der Waals surface area (Å²) in [6, 6.07) is 0. The third-order valence-electron chi connectivity index (χ3n) is 2.95. The van der Waals surface area contributed by atoms with Crippen LogP contribution < -0.4 is 0 Å². The van der Waals surface area contributed by atoms with E-state index in [2.05, 4.69) is 22.0 Å². The summed E-state index contributed by atoms with van der Waals surface area (Å²) in [5, 5.41) is 4.93. The summed E-state index contributed by atoms with van der Waals surface area (Å²) in [4.78, 5) is 20.6. The smallest absolute Gasteiger partial charge is 0.253 e. The number of fused-ring (bicyclic) bond motifs is 2. The molecule has 0 saturated carbocycles. The van der Waals surface area contributed by atoms with Gasteiger partial charge in [-0.1, -0.05) is 18.7 Å². The predicted octanol–water partition coefficient (Wildman–Crippen LogP) is 1.61. The quantitative estimate of drug-likeness (QED) is 0.717. The van der Waals surface area contributed by atoms with Crippen LogP contribution in [0.1, 0.15) is 29.4 Å². The number of rotatable bonds is 1. The van der Waals surface area contributed by atoms with E-state index < -0.39 is 0 Å². The molecule has 0 amide bonds. The summed E-state index contributed by atoms with van der Waals surface area (Å²) in [5.74, 6) is 1.11. The van der Waals surface area contributed by atoms with Crippen LogP contribution in [-0.4, -0.2) is 31.6 Å². The van der Waals surface area contributed by atoms with E-state index in [4.69, 9.17) is 0 Å². The minimum Gasteiger partial charge on any atom is -0.294 e. The van der Waals surface area contributed by atoms with Gasteiger partial charge in [0.05, 0.1) is 11.3 Å². The van der Waals surface area contributed by atoms with Crippen molar-refractivity contribution < 1.29 is 4.79 Å². The molecule has 0 bridgehead atoms. The first-order valence-corrected chi connectivity index (χ1v) is 6.73. The van der Waals surface area contributed by atoms with Gasteiger partial charge >= 0.3 is 0 Å². The lowest BCUT2D eigenvalue weighted by atomic mass is 9.88. The Kier molecular flexibility index (Phi) is 2.39. The van der Waals surface area contributed by atoms with Crippen LogP contribution in [0.25, 0.3) is 5.78 Å². The van der Waals surface area contributed by atoms with E-state index in [1.54, 1.807) is 10.7 Å². The van der Waals surface area contributed by atoms with Gasteiger partial charge < -0.3 is 0 Å². The topological polar surface area (TPSA) is 60.1 Å². The molecule has 2 aromatic heterocycles. The molecule has 0 N–H and O–H groups in total.